The number of nitrogens with zero attached hydrogens (tertiary/aromatic N) is 1. The van der Waals surface area contributed by atoms with Gasteiger partial charge in [-0.1, -0.05) is 6.07 Å². The number of aryl methyl sites for hydroxylation is 1. The van der Waals surface area contributed by atoms with Gasteiger partial charge in [0.15, 0.2) is 11.5 Å². The van der Waals surface area contributed by atoms with Gasteiger partial charge in [-0.05, 0) is 57.2 Å². The lowest BCUT2D eigenvalue weighted by Crippen LogP contribution is -2.35. The minimum Gasteiger partial charge on any atom is -0.490 e. The van der Waals surface area contributed by atoms with E-state index in [0.717, 1.165) is 49.4 Å². The number of piperidine rings is 1. The van der Waals surface area contributed by atoms with Crippen LogP contribution >= 0.6 is 0 Å². The van der Waals surface area contributed by atoms with Gasteiger partial charge in [-0.15, -0.1) is 0 Å². The number of amides is 1. The van der Waals surface area contributed by atoms with E-state index in [-0.39, 0.29) is 5.91 Å². The summed E-state index contributed by atoms with van der Waals surface area (Å²) in [5, 5.41) is 0. The third kappa shape index (κ3) is 4.65. The summed E-state index contributed by atoms with van der Waals surface area (Å²) in [6, 6.07) is 5.96. The molecule has 0 atom stereocenters. The molecule has 0 bridgehead atoms. The molecule has 4 heteroatoms. The molecule has 1 aromatic carbocycles. The van der Waals surface area contributed by atoms with Crippen LogP contribution in [0, 0.1) is 0 Å². The normalized spacial score (nSPS) is 14.7. The zero-order valence-electron chi connectivity index (χ0n) is 13.8. The maximum absolute atomic E-state index is 12.2. The lowest BCUT2D eigenvalue weighted by atomic mass is 10.1. The highest BCUT2D eigenvalue weighted by molar-refractivity contribution is 5.76. The van der Waals surface area contributed by atoms with E-state index < -0.39 is 0 Å². The Morgan fingerprint density at radius 1 is 1.05 bits per heavy atom. The highest BCUT2D eigenvalue weighted by Crippen LogP contribution is 2.29. The van der Waals surface area contributed by atoms with E-state index in [1.54, 1.807) is 0 Å². The summed E-state index contributed by atoms with van der Waals surface area (Å²) in [4.78, 5) is 14.2. The molecule has 1 aliphatic heterocycles. The van der Waals surface area contributed by atoms with Gasteiger partial charge in [0.25, 0.3) is 0 Å². The quantitative estimate of drug-likeness (QED) is 0.774. The highest BCUT2D eigenvalue weighted by Gasteiger charge is 2.16. The maximum atomic E-state index is 12.2. The zero-order chi connectivity index (χ0) is 15.8. The highest BCUT2D eigenvalue weighted by atomic mass is 16.5. The standard InChI is InChI=1S/C18H27NO3/c1-3-21-16-10-8-15(14-17(16)22-4-2)9-11-18(20)19-12-6-5-7-13-19/h8,10,14H,3-7,9,11-13H2,1-2H3. The summed E-state index contributed by atoms with van der Waals surface area (Å²) in [5.74, 6) is 1.81. The molecule has 1 heterocycles. The summed E-state index contributed by atoms with van der Waals surface area (Å²) in [5.41, 5.74) is 1.12. The second-order valence-corrected chi connectivity index (χ2v) is 5.59. The Hall–Kier alpha value is -1.71. The van der Waals surface area contributed by atoms with Crippen LogP contribution in [0.1, 0.15) is 45.1 Å². The molecule has 0 saturated carbocycles. The SMILES string of the molecule is CCOc1ccc(CCC(=O)N2CCCCC2)cc1OCC. The maximum Gasteiger partial charge on any atom is 0.222 e. The summed E-state index contributed by atoms with van der Waals surface area (Å²) >= 11 is 0. The van der Waals surface area contributed by atoms with Crippen LogP contribution in [0.3, 0.4) is 0 Å². The van der Waals surface area contributed by atoms with Crippen LogP contribution in [0.4, 0.5) is 0 Å². The van der Waals surface area contributed by atoms with E-state index in [1.807, 2.05) is 36.9 Å². The molecule has 1 fully saturated rings. The Kier molecular flexibility index (Phi) is 6.56. The third-order valence-electron chi connectivity index (χ3n) is 3.94. The number of carbonyl (C=O) groups is 1. The van der Waals surface area contributed by atoms with Crippen LogP contribution in [-0.4, -0.2) is 37.1 Å². The molecular weight excluding hydrogens is 278 g/mol. The molecule has 0 N–H and O–H groups in total. The van der Waals surface area contributed by atoms with Crippen molar-refractivity contribution in [1.29, 1.82) is 0 Å². The molecule has 0 aromatic heterocycles. The molecule has 22 heavy (non-hydrogen) atoms. The zero-order valence-corrected chi connectivity index (χ0v) is 13.8. The summed E-state index contributed by atoms with van der Waals surface area (Å²) in [6.45, 7) is 6.99. The first-order chi connectivity index (χ1) is 10.7. The van der Waals surface area contributed by atoms with E-state index in [4.69, 9.17) is 9.47 Å². The van der Waals surface area contributed by atoms with Gasteiger partial charge in [0.2, 0.25) is 5.91 Å². The molecule has 0 aliphatic carbocycles. The first-order valence-electron chi connectivity index (χ1n) is 8.41. The van der Waals surface area contributed by atoms with Gasteiger partial charge in [0, 0.05) is 19.5 Å². The predicted octanol–water partition coefficient (Wildman–Crippen LogP) is 3.43. The average Bonchev–Trinajstić information content (AvgIpc) is 2.56. The van der Waals surface area contributed by atoms with Gasteiger partial charge in [-0.3, -0.25) is 4.79 Å². The monoisotopic (exact) mass is 305 g/mol. The Morgan fingerprint density at radius 3 is 2.41 bits per heavy atom. The molecule has 2 rings (SSSR count). The largest absolute Gasteiger partial charge is 0.490 e. The first kappa shape index (κ1) is 16.7. The van der Waals surface area contributed by atoms with Crippen molar-refractivity contribution in [3.8, 4) is 11.5 Å². The summed E-state index contributed by atoms with van der Waals surface area (Å²) in [7, 11) is 0. The minimum atomic E-state index is 0.270. The van der Waals surface area contributed by atoms with E-state index in [9.17, 15) is 4.79 Å². The summed E-state index contributed by atoms with van der Waals surface area (Å²) in [6.07, 6.45) is 4.86. The molecular formula is C18H27NO3. The van der Waals surface area contributed by atoms with E-state index in [1.165, 1.54) is 6.42 Å². The van der Waals surface area contributed by atoms with Crippen LogP contribution in [0.2, 0.25) is 0 Å². The van der Waals surface area contributed by atoms with Crippen LogP contribution in [0.5, 0.6) is 11.5 Å². The van der Waals surface area contributed by atoms with Crippen molar-refractivity contribution in [3.05, 3.63) is 23.8 Å². The number of ether oxygens (including phenoxy) is 2. The molecule has 0 unspecified atom stereocenters. The Labute approximate surface area is 133 Å². The number of likely N-dealkylation sites (tertiary alicyclic amines) is 1. The third-order valence-corrected chi connectivity index (χ3v) is 3.94. The number of carbonyl (C=O) groups excluding carboxylic acids is 1. The Bertz CT molecular complexity index is 481. The lowest BCUT2D eigenvalue weighted by molar-refractivity contribution is -0.132. The smallest absolute Gasteiger partial charge is 0.222 e. The van der Waals surface area contributed by atoms with Crippen LogP contribution in [-0.2, 0) is 11.2 Å². The van der Waals surface area contributed by atoms with Crippen molar-refractivity contribution < 1.29 is 14.3 Å². The fraction of sp³-hybridized carbons (Fsp3) is 0.611. The first-order valence-corrected chi connectivity index (χ1v) is 8.41. The number of rotatable bonds is 7. The van der Waals surface area contributed by atoms with Gasteiger partial charge in [0.05, 0.1) is 13.2 Å². The van der Waals surface area contributed by atoms with Crippen molar-refractivity contribution in [2.45, 2.75) is 46.0 Å². The van der Waals surface area contributed by atoms with Gasteiger partial charge in [-0.25, -0.2) is 0 Å². The van der Waals surface area contributed by atoms with Crippen molar-refractivity contribution in [3.63, 3.8) is 0 Å². The van der Waals surface area contributed by atoms with Gasteiger partial charge >= 0.3 is 0 Å². The predicted molar refractivity (Wildman–Crippen MR) is 87.5 cm³/mol. The number of hydrogen-bond acceptors (Lipinski definition) is 3. The Morgan fingerprint density at radius 2 is 1.73 bits per heavy atom. The van der Waals surface area contributed by atoms with Crippen molar-refractivity contribution >= 4 is 5.91 Å². The Balaban J connectivity index is 1.94. The molecule has 1 aliphatic rings. The topological polar surface area (TPSA) is 38.8 Å². The summed E-state index contributed by atoms with van der Waals surface area (Å²) < 4.78 is 11.2. The van der Waals surface area contributed by atoms with E-state index in [2.05, 4.69) is 0 Å². The van der Waals surface area contributed by atoms with Crippen molar-refractivity contribution in [1.82, 2.24) is 4.90 Å². The fourth-order valence-electron chi connectivity index (χ4n) is 2.80. The van der Waals surface area contributed by atoms with Gasteiger partial charge < -0.3 is 14.4 Å². The molecule has 4 nitrogen and oxygen atoms in total. The van der Waals surface area contributed by atoms with Crippen molar-refractivity contribution in [2.24, 2.45) is 0 Å². The lowest BCUT2D eigenvalue weighted by Gasteiger charge is -2.26. The average molecular weight is 305 g/mol. The van der Waals surface area contributed by atoms with E-state index >= 15 is 0 Å². The minimum absolute atomic E-state index is 0.270. The molecule has 0 spiro atoms. The molecule has 1 saturated heterocycles. The van der Waals surface area contributed by atoms with Crippen molar-refractivity contribution in [2.75, 3.05) is 26.3 Å². The van der Waals surface area contributed by atoms with Crippen LogP contribution < -0.4 is 9.47 Å². The van der Waals surface area contributed by atoms with E-state index in [0.29, 0.717) is 19.6 Å². The molecule has 1 aromatic rings. The van der Waals surface area contributed by atoms with Crippen LogP contribution in [0.15, 0.2) is 18.2 Å². The molecule has 1 amide bonds. The molecule has 0 radical (unpaired) electrons. The second-order valence-electron chi connectivity index (χ2n) is 5.59. The fourth-order valence-corrected chi connectivity index (χ4v) is 2.80. The van der Waals surface area contributed by atoms with Crippen LogP contribution in [0.25, 0.3) is 0 Å². The van der Waals surface area contributed by atoms with Gasteiger partial charge in [-0.2, -0.15) is 0 Å². The number of hydrogen-bond donors (Lipinski definition) is 0. The van der Waals surface area contributed by atoms with Gasteiger partial charge in [0.1, 0.15) is 0 Å². The second kappa shape index (κ2) is 8.66. The molecule has 122 valence electrons. The number of benzene rings is 1.